The first kappa shape index (κ1) is 97.9. The zero-order chi connectivity index (χ0) is 74.6. The number of quaternary nitrogens is 1. The Morgan fingerprint density at radius 3 is 0.825 bits per heavy atom. The highest BCUT2D eigenvalue weighted by Crippen LogP contribution is 2.19. The Morgan fingerprint density at radius 2 is 0.553 bits per heavy atom. The van der Waals surface area contributed by atoms with E-state index in [1.165, 1.54) is 193 Å². The third-order valence-electron chi connectivity index (χ3n) is 18.3. The Labute approximate surface area is 635 Å². The van der Waals surface area contributed by atoms with Crippen LogP contribution in [0.25, 0.3) is 0 Å². The van der Waals surface area contributed by atoms with Crippen LogP contribution < -0.4 is 5.11 Å². The van der Waals surface area contributed by atoms with E-state index >= 15 is 0 Å². The molecule has 588 valence electrons. The van der Waals surface area contributed by atoms with E-state index in [1.807, 2.05) is 21.1 Å². The molecule has 0 aromatic heterocycles. The van der Waals surface area contributed by atoms with Crippen LogP contribution in [0.1, 0.15) is 361 Å². The molecule has 0 heterocycles. The molecule has 0 aliphatic heterocycles. The lowest BCUT2D eigenvalue weighted by atomic mass is 10.0. The molecule has 0 fully saturated rings. The zero-order valence-corrected chi connectivity index (χ0v) is 67.4. The number of carboxylic acid groups (broad SMARTS) is 1. The summed E-state index contributed by atoms with van der Waals surface area (Å²) >= 11 is 0. The van der Waals surface area contributed by atoms with E-state index in [0.717, 1.165) is 135 Å². The minimum absolute atomic E-state index is 0.139. The second-order valence-corrected chi connectivity index (χ2v) is 29.4. The van der Waals surface area contributed by atoms with Crippen molar-refractivity contribution in [2.24, 2.45) is 0 Å². The van der Waals surface area contributed by atoms with Crippen molar-refractivity contribution in [1.82, 2.24) is 0 Å². The normalized spacial score (nSPS) is 13.4. The fourth-order valence-corrected chi connectivity index (χ4v) is 11.8. The first-order chi connectivity index (χ1) is 50.6. The molecule has 0 N–H and O–H groups in total. The fraction of sp³-hybridized carbons (Fsp3) is 0.691. The molecule has 9 nitrogen and oxygen atoms in total. The Morgan fingerprint density at radius 1 is 0.301 bits per heavy atom. The van der Waals surface area contributed by atoms with Crippen molar-refractivity contribution in [3.05, 3.63) is 158 Å². The number of carboxylic acids is 1. The van der Waals surface area contributed by atoms with E-state index in [0.29, 0.717) is 17.4 Å². The van der Waals surface area contributed by atoms with Crippen LogP contribution in [0, 0.1) is 0 Å². The summed E-state index contributed by atoms with van der Waals surface area (Å²) < 4.78 is 22.9. The number of allylic oxidation sites excluding steroid dienone is 26. The standard InChI is InChI=1S/C94H159NO8/c1-6-8-10-12-14-16-18-20-22-24-26-28-30-32-34-36-38-40-42-44-45-46-47-49-50-52-54-56-58-60-62-64-66-68-70-72-74-76-78-80-82-84-91(96)101-88-90(89-102-94(93(98)99)100-87-86-95(3,4)5)103-92(97)85-83-81-79-77-75-73-71-69-67-65-63-61-59-57-55-53-51-48-43-41-39-37-35-33-31-29-27-25-23-21-19-17-15-13-11-9-7-2/h9,11,15,17-18,20-21,23-24,26-27,29-30,32-33,35,39,41,48,51,55,57,61,63,67,69,90,94H,6-8,10,12-14,16,19,22,25,28,31,34,36-38,40,42-47,49-50,52-54,56,58-60,62,64-66,68,70-89H2,1-5H3/b11-9-,17-15-,20-18-,23-21-,26-24-,29-27-,32-30-,35-33-,41-39-,51-48-,57-55-,63-61-,69-67-. The summed E-state index contributed by atoms with van der Waals surface area (Å²) in [7, 11) is 5.93. The molecular formula is C94H159NO8. The number of likely N-dealkylation sites (N-methyl/N-ethyl adjacent to an activating group) is 1. The maximum absolute atomic E-state index is 13.0. The Bertz CT molecular complexity index is 2270. The molecular weight excluding hydrogens is 1270 g/mol. The second kappa shape index (κ2) is 82.6. The molecule has 0 radical (unpaired) electrons. The average Bonchev–Trinajstić information content (AvgIpc) is 1.16. The Hall–Kier alpha value is -5.09. The molecule has 9 heteroatoms. The molecule has 0 aromatic rings. The van der Waals surface area contributed by atoms with Crippen molar-refractivity contribution in [3.8, 4) is 0 Å². The monoisotopic (exact) mass is 1430 g/mol. The van der Waals surface area contributed by atoms with Crippen LogP contribution in [0.5, 0.6) is 0 Å². The molecule has 0 saturated carbocycles. The molecule has 103 heavy (non-hydrogen) atoms. The van der Waals surface area contributed by atoms with Gasteiger partial charge in [0, 0.05) is 12.8 Å². The van der Waals surface area contributed by atoms with Crippen LogP contribution >= 0.6 is 0 Å². The van der Waals surface area contributed by atoms with Crippen molar-refractivity contribution in [1.29, 1.82) is 0 Å². The van der Waals surface area contributed by atoms with Gasteiger partial charge in [0.2, 0.25) is 0 Å². The average molecular weight is 1430 g/mol. The SMILES string of the molecule is CC/C=C\C/C=C\C/C=C\C/C=C\C/C=C\C/C=C\C/C=C\C/C=C\C/C=C\C/C=C\CCCCCCCCC(=O)OC(COC(=O)CCCCCCCCCCCCCCCCCCCCCCCCCCCC/C=C\C/C=C\C/C=C\CCCCCCC)COC(OCC[N+](C)(C)C)C(=O)[O-]. The van der Waals surface area contributed by atoms with Crippen LogP contribution in [0.3, 0.4) is 0 Å². The van der Waals surface area contributed by atoms with E-state index in [9.17, 15) is 19.5 Å². The lowest BCUT2D eigenvalue weighted by Gasteiger charge is -2.26. The van der Waals surface area contributed by atoms with E-state index < -0.39 is 24.3 Å². The molecule has 0 aliphatic carbocycles. The van der Waals surface area contributed by atoms with Gasteiger partial charge in [-0.2, -0.15) is 0 Å². The maximum atomic E-state index is 13.0. The van der Waals surface area contributed by atoms with Gasteiger partial charge in [-0.1, -0.05) is 377 Å². The third kappa shape index (κ3) is 84.1. The van der Waals surface area contributed by atoms with Crippen molar-refractivity contribution in [2.75, 3.05) is 47.5 Å². The summed E-state index contributed by atoms with van der Waals surface area (Å²) in [5, 5.41) is 11.9. The number of aliphatic carboxylic acids is 1. The Kier molecular flexibility index (Phi) is 78.5. The summed E-state index contributed by atoms with van der Waals surface area (Å²) in [5.41, 5.74) is 0. The van der Waals surface area contributed by atoms with Crippen molar-refractivity contribution in [3.63, 3.8) is 0 Å². The highest BCUT2D eigenvalue weighted by molar-refractivity contribution is 5.70. The van der Waals surface area contributed by atoms with Gasteiger partial charge in [-0.15, -0.1) is 0 Å². The van der Waals surface area contributed by atoms with Gasteiger partial charge in [-0.05, 0) is 128 Å². The van der Waals surface area contributed by atoms with Gasteiger partial charge in [-0.25, -0.2) is 0 Å². The van der Waals surface area contributed by atoms with Gasteiger partial charge in [0.1, 0.15) is 13.2 Å². The topological polar surface area (TPSA) is 111 Å². The van der Waals surface area contributed by atoms with Gasteiger partial charge in [0.05, 0.1) is 40.3 Å². The lowest BCUT2D eigenvalue weighted by Crippen LogP contribution is -2.44. The quantitative estimate of drug-likeness (QED) is 0.0195. The zero-order valence-electron chi connectivity index (χ0n) is 67.4. The van der Waals surface area contributed by atoms with Gasteiger partial charge >= 0.3 is 11.9 Å². The molecule has 0 saturated heterocycles. The summed E-state index contributed by atoms with van der Waals surface area (Å²) in [6.45, 7) is 4.62. The van der Waals surface area contributed by atoms with E-state index in [1.54, 1.807) is 0 Å². The Balaban J connectivity index is 4.05. The number of carbonyl (C=O) groups excluding carboxylic acids is 3. The third-order valence-corrected chi connectivity index (χ3v) is 18.3. The van der Waals surface area contributed by atoms with Gasteiger partial charge in [0.15, 0.2) is 12.4 Å². The number of carbonyl (C=O) groups is 3. The number of hydrogen-bond acceptors (Lipinski definition) is 8. The molecule has 0 rings (SSSR count). The van der Waals surface area contributed by atoms with E-state index in [4.69, 9.17) is 18.9 Å². The van der Waals surface area contributed by atoms with Crippen LogP contribution in [-0.4, -0.2) is 82.3 Å². The molecule has 0 amide bonds. The van der Waals surface area contributed by atoms with Crippen LogP contribution in [0.4, 0.5) is 0 Å². The smallest absolute Gasteiger partial charge is 0.306 e. The number of ether oxygens (including phenoxy) is 4. The minimum atomic E-state index is -1.64. The molecule has 2 unspecified atom stereocenters. The highest BCUT2D eigenvalue weighted by Gasteiger charge is 2.22. The summed E-state index contributed by atoms with van der Waals surface area (Å²) in [4.78, 5) is 37.7. The summed E-state index contributed by atoms with van der Waals surface area (Å²) in [6, 6.07) is 0. The first-order valence-electron chi connectivity index (χ1n) is 42.6. The van der Waals surface area contributed by atoms with E-state index in [2.05, 4.69) is 172 Å². The highest BCUT2D eigenvalue weighted by atomic mass is 16.7. The number of unbranched alkanes of at least 4 members (excludes halogenated alkanes) is 37. The number of hydrogen-bond donors (Lipinski definition) is 0. The van der Waals surface area contributed by atoms with Crippen molar-refractivity contribution in [2.45, 2.75) is 373 Å². The predicted molar refractivity (Wildman–Crippen MR) is 444 cm³/mol. The fourth-order valence-electron chi connectivity index (χ4n) is 11.8. The first-order valence-corrected chi connectivity index (χ1v) is 42.6. The number of esters is 2. The molecule has 0 aliphatic rings. The van der Waals surface area contributed by atoms with Crippen molar-refractivity contribution < 1.29 is 42.9 Å². The summed E-state index contributed by atoms with van der Waals surface area (Å²) in [6.07, 6.45) is 120. The number of nitrogens with zero attached hydrogens (tertiary/aromatic N) is 1. The molecule has 0 bridgehead atoms. The van der Waals surface area contributed by atoms with Crippen LogP contribution in [0.15, 0.2) is 158 Å². The second-order valence-electron chi connectivity index (χ2n) is 29.4. The largest absolute Gasteiger partial charge is 0.545 e. The molecule has 2 atom stereocenters. The van der Waals surface area contributed by atoms with Crippen LogP contribution in [0.2, 0.25) is 0 Å². The predicted octanol–water partition coefficient (Wildman–Crippen LogP) is 26.6. The van der Waals surface area contributed by atoms with Crippen molar-refractivity contribution >= 4 is 17.9 Å². The lowest BCUT2D eigenvalue weighted by molar-refractivity contribution is -0.870. The summed E-state index contributed by atoms with van der Waals surface area (Å²) in [5.74, 6) is -2.30. The van der Waals surface area contributed by atoms with E-state index in [-0.39, 0.29) is 38.6 Å². The van der Waals surface area contributed by atoms with Gasteiger partial charge in [-0.3, -0.25) is 9.59 Å². The molecule has 0 spiro atoms. The van der Waals surface area contributed by atoms with Gasteiger partial charge < -0.3 is 33.3 Å². The van der Waals surface area contributed by atoms with Crippen LogP contribution in [-0.2, 0) is 33.3 Å². The molecule has 0 aromatic carbocycles. The maximum Gasteiger partial charge on any atom is 0.306 e. The minimum Gasteiger partial charge on any atom is -0.545 e. The van der Waals surface area contributed by atoms with Gasteiger partial charge in [0.25, 0.3) is 0 Å². The number of rotatable bonds is 78.